The molecule has 1 aromatic rings. The lowest BCUT2D eigenvalue weighted by Gasteiger charge is -2.15. The van der Waals surface area contributed by atoms with E-state index in [1.807, 2.05) is 4.68 Å². The number of hydrogen-bond donors (Lipinski definition) is 1. The zero-order valence-corrected chi connectivity index (χ0v) is 12.8. The Bertz CT molecular complexity index is 407. The number of aliphatic hydroxyl groups is 1. The zero-order valence-electron chi connectivity index (χ0n) is 12.0. The SMILES string of the molecule is CC(C)Cc1nn(C2CCCCCC2)c(Cl)c1CO. The first-order valence-corrected chi connectivity index (χ1v) is 7.88. The van der Waals surface area contributed by atoms with Crippen molar-refractivity contribution in [2.45, 2.75) is 71.4 Å². The molecule has 4 heteroatoms. The number of nitrogens with zero attached hydrogens (tertiary/aromatic N) is 2. The van der Waals surface area contributed by atoms with Crippen LogP contribution < -0.4 is 0 Å². The van der Waals surface area contributed by atoms with Gasteiger partial charge in [-0.25, -0.2) is 0 Å². The molecule has 1 fully saturated rings. The molecular weight excluding hydrogens is 260 g/mol. The molecule has 2 rings (SSSR count). The van der Waals surface area contributed by atoms with Crippen LogP contribution in [0.4, 0.5) is 0 Å². The molecular formula is C15H25ClN2O. The number of aromatic nitrogens is 2. The summed E-state index contributed by atoms with van der Waals surface area (Å²) in [4.78, 5) is 0. The van der Waals surface area contributed by atoms with E-state index in [4.69, 9.17) is 16.7 Å². The minimum Gasteiger partial charge on any atom is -0.391 e. The van der Waals surface area contributed by atoms with Crippen molar-refractivity contribution in [3.05, 3.63) is 16.4 Å². The summed E-state index contributed by atoms with van der Waals surface area (Å²) in [6.45, 7) is 4.33. The van der Waals surface area contributed by atoms with E-state index in [2.05, 4.69) is 13.8 Å². The second-order valence-electron chi connectivity index (χ2n) is 6.06. The maximum Gasteiger partial charge on any atom is 0.133 e. The molecule has 108 valence electrons. The van der Waals surface area contributed by atoms with Crippen LogP contribution in [-0.2, 0) is 13.0 Å². The summed E-state index contributed by atoms with van der Waals surface area (Å²) >= 11 is 6.44. The topological polar surface area (TPSA) is 38.0 Å². The Morgan fingerprint density at radius 3 is 2.42 bits per heavy atom. The van der Waals surface area contributed by atoms with Gasteiger partial charge in [0.25, 0.3) is 0 Å². The number of rotatable bonds is 4. The van der Waals surface area contributed by atoms with Crippen molar-refractivity contribution in [3.8, 4) is 0 Å². The largest absolute Gasteiger partial charge is 0.391 e. The van der Waals surface area contributed by atoms with E-state index in [0.717, 1.165) is 30.5 Å². The van der Waals surface area contributed by atoms with Gasteiger partial charge in [-0.1, -0.05) is 51.1 Å². The third-order valence-electron chi connectivity index (χ3n) is 3.96. The first-order valence-electron chi connectivity index (χ1n) is 7.50. The summed E-state index contributed by atoms with van der Waals surface area (Å²) in [5.41, 5.74) is 1.81. The molecule has 1 saturated carbocycles. The normalized spacial score (nSPS) is 17.9. The second kappa shape index (κ2) is 6.76. The fraction of sp³-hybridized carbons (Fsp3) is 0.800. The summed E-state index contributed by atoms with van der Waals surface area (Å²) < 4.78 is 1.98. The lowest BCUT2D eigenvalue weighted by Crippen LogP contribution is -2.10. The Labute approximate surface area is 121 Å². The molecule has 0 aromatic carbocycles. The van der Waals surface area contributed by atoms with Gasteiger partial charge in [0.1, 0.15) is 5.15 Å². The van der Waals surface area contributed by atoms with Gasteiger partial charge in [-0.05, 0) is 25.2 Å². The van der Waals surface area contributed by atoms with Gasteiger partial charge in [-0.15, -0.1) is 0 Å². The van der Waals surface area contributed by atoms with Gasteiger partial charge in [0.2, 0.25) is 0 Å². The Morgan fingerprint density at radius 1 is 1.26 bits per heavy atom. The predicted octanol–water partition coefficient (Wildman–Crippen LogP) is 4.12. The molecule has 0 amide bonds. The highest BCUT2D eigenvalue weighted by molar-refractivity contribution is 6.30. The van der Waals surface area contributed by atoms with Gasteiger partial charge >= 0.3 is 0 Å². The van der Waals surface area contributed by atoms with Crippen molar-refractivity contribution >= 4 is 11.6 Å². The Balaban J connectivity index is 2.26. The molecule has 0 saturated heterocycles. The highest BCUT2D eigenvalue weighted by atomic mass is 35.5. The van der Waals surface area contributed by atoms with Crippen LogP contribution in [-0.4, -0.2) is 14.9 Å². The molecule has 0 atom stereocenters. The van der Waals surface area contributed by atoms with Crippen LogP contribution in [0.3, 0.4) is 0 Å². The number of aliphatic hydroxyl groups excluding tert-OH is 1. The molecule has 1 aliphatic rings. The molecule has 0 spiro atoms. The van der Waals surface area contributed by atoms with E-state index in [0.29, 0.717) is 17.1 Å². The standard InChI is InChI=1S/C15H25ClN2O/c1-11(2)9-14-13(10-19)15(16)18(17-14)12-7-5-3-4-6-8-12/h11-12,19H,3-10H2,1-2H3. The maximum absolute atomic E-state index is 9.54. The van der Waals surface area contributed by atoms with Crippen LogP contribution in [0, 0.1) is 5.92 Å². The van der Waals surface area contributed by atoms with Crippen LogP contribution in [0.15, 0.2) is 0 Å². The highest BCUT2D eigenvalue weighted by Crippen LogP contribution is 2.32. The quantitative estimate of drug-likeness (QED) is 0.845. The van der Waals surface area contributed by atoms with Crippen LogP contribution in [0.5, 0.6) is 0 Å². The minimum atomic E-state index is -0.00634. The van der Waals surface area contributed by atoms with Gasteiger partial charge in [-0.3, -0.25) is 4.68 Å². The number of hydrogen-bond acceptors (Lipinski definition) is 2. The summed E-state index contributed by atoms with van der Waals surface area (Å²) in [7, 11) is 0. The average molecular weight is 285 g/mol. The van der Waals surface area contributed by atoms with Gasteiger partial charge in [0, 0.05) is 5.56 Å². The molecule has 19 heavy (non-hydrogen) atoms. The third kappa shape index (κ3) is 3.51. The van der Waals surface area contributed by atoms with Crippen LogP contribution in [0.25, 0.3) is 0 Å². The molecule has 3 nitrogen and oxygen atoms in total. The first-order chi connectivity index (χ1) is 9.13. The van der Waals surface area contributed by atoms with Crippen molar-refractivity contribution < 1.29 is 5.11 Å². The Kier molecular flexibility index (Phi) is 5.28. The average Bonchev–Trinajstić information content (AvgIpc) is 2.58. The van der Waals surface area contributed by atoms with Crippen molar-refractivity contribution in [1.82, 2.24) is 9.78 Å². The van der Waals surface area contributed by atoms with E-state index < -0.39 is 0 Å². The van der Waals surface area contributed by atoms with E-state index in [-0.39, 0.29) is 6.61 Å². The molecule has 1 aromatic heterocycles. The molecule has 0 aliphatic heterocycles. The maximum atomic E-state index is 9.54. The summed E-state index contributed by atoms with van der Waals surface area (Å²) in [5, 5.41) is 14.9. The lowest BCUT2D eigenvalue weighted by molar-refractivity contribution is 0.280. The van der Waals surface area contributed by atoms with Crippen LogP contribution in [0.2, 0.25) is 5.15 Å². The summed E-state index contributed by atoms with van der Waals surface area (Å²) in [5.74, 6) is 0.527. The summed E-state index contributed by atoms with van der Waals surface area (Å²) in [6, 6.07) is 0.418. The molecule has 0 unspecified atom stereocenters. The van der Waals surface area contributed by atoms with Gasteiger partial charge in [0.15, 0.2) is 0 Å². The molecule has 1 aliphatic carbocycles. The van der Waals surface area contributed by atoms with E-state index in [1.165, 1.54) is 25.7 Å². The van der Waals surface area contributed by atoms with Crippen LogP contribution >= 0.6 is 11.6 Å². The smallest absolute Gasteiger partial charge is 0.133 e. The van der Waals surface area contributed by atoms with E-state index >= 15 is 0 Å². The van der Waals surface area contributed by atoms with E-state index in [1.54, 1.807) is 0 Å². The predicted molar refractivity (Wildman–Crippen MR) is 78.4 cm³/mol. The number of halogens is 1. The Morgan fingerprint density at radius 2 is 1.89 bits per heavy atom. The molecule has 0 radical (unpaired) electrons. The van der Waals surface area contributed by atoms with E-state index in [9.17, 15) is 5.11 Å². The van der Waals surface area contributed by atoms with Crippen molar-refractivity contribution in [1.29, 1.82) is 0 Å². The Hall–Kier alpha value is -0.540. The molecule has 0 bridgehead atoms. The lowest BCUT2D eigenvalue weighted by atomic mass is 10.1. The van der Waals surface area contributed by atoms with Crippen molar-refractivity contribution in [2.75, 3.05) is 0 Å². The summed E-state index contributed by atoms with van der Waals surface area (Å²) in [6.07, 6.45) is 8.36. The highest BCUT2D eigenvalue weighted by Gasteiger charge is 2.22. The molecule has 1 N–H and O–H groups in total. The zero-order chi connectivity index (χ0) is 13.8. The first kappa shape index (κ1) is 14.9. The van der Waals surface area contributed by atoms with Gasteiger partial charge in [-0.2, -0.15) is 5.10 Å². The van der Waals surface area contributed by atoms with Gasteiger partial charge < -0.3 is 5.11 Å². The van der Waals surface area contributed by atoms with Gasteiger partial charge in [0.05, 0.1) is 18.3 Å². The second-order valence-corrected chi connectivity index (χ2v) is 6.42. The monoisotopic (exact) mass is 284 g/mol. The van der Waals surface area contributed by atoms with Crippen molar-refractivity contribution in [3.63, 3.8) is 0 Å². The minimum absolute atomic E-state index is 0.00634. The third-order valence-corrected chi connectivity index (χ3v) is 4.36. The van der Waals surface area contributed by atoms with Crippen LogP contribution in [0.1, 0.15) is 69.7 Å². The fourth-order valence-corrected chi connectivity index (χ4v) is 3.29. The van der Waals surface area contributed by atoms with Crippen molar-refractivity contribution in [2.24, 2.45) is 5.92 Å². The molecule has 1 heterocycles. The fourth-order valence-electron chi connectivity index (χ4n) is 2.94.